The minimum absolute atomic E-state index is 0.0393. The first-order valence-electron chi connectivity index (χ1n) is 7.57. The van der Waals surface area contributed by atoms with Crippen LogP contribution in [-0.2, 0) is 9.53 Å². The van der Waals surface area contributed by atoms with Gasteiger partial charge in [-0.2, -0.15) is 0 Å². The number of carbonyl (C=O) groups excluding carboxylic acids is 2. The lowest BCUT2D eigenvalue weighted by Crippen LogP contribution is -2.41. The Bertz CT molecular complexity index is 574. The summed E-state index contributed by atoms with van der Waals surface area (Å²) in [4.78, 5) is 25.1. The van der Waals surface area contributed by atoms with Crippen molar-refractivity contribution in [3.05, 3.63) is 35.4 Å². The molecule has 0 aliphatic carbocycles. The molecule has 0 radical (unpaired) electrons. The molecule has 0 saturated carbocycles. The fourth-order valence-electron chi connectivity index (χ4n) is 2.46. The van der Waals surface area contributed by atoms with Crippen LogP contribution in [0.5, 0.6) is 0 Å². The minimum atomic E-state index is -1.07. The highest BCUT2D eigenvalue weighted by Gasteiger charge is 2.20. The van der Waals surface area contributed by atoms with Crippen LogP contribution in [-0.4, -0.2) is 49.1 Å². The molecule has 7 heteroatoms. The van der Waals surface area contributed by atoms with Gasteiger partial charge < -0.3 is 15.0 Å². The van der Waals surface area contributed by atoms with Gasteiger partial charge in [-0.1, -0.05) is 0 Å². The molecule has 1 aromatic carbocycles. The molecule has 1 aliphatic heterocycles. The Hall–Kier alpha value is -2.02. The molecule has 126 valence electrons. The van der Waals surface area contributed by atoms with E-state index in [4.69, 9.17) is 4.74 Å². The number of ether oxygens (including phenoxy) is 1. The molecule has 1 aliphatic rings. The maximum atomic E-state index is 13.1. The van der Waals surface area contributed by atoms with Crippen LogP contribution in [0.4, 0.5) is 8.78 Å². The molecular weight excluding hydrogens is 306 g/mol. The average molecular weight is 326 g/mol. The van der Waals surface area contributed by atoms with Crippen LogP contribution < -0.4 is 5.32 Å². The summed E-state index contributed by atoms with van der Waals surface area (Å²) < 4.78 is 31.4. The zero-order valence-electron chi connectivity index (χ0n) is 13.0. The molecule has 0 aromatic heterocycles. The lowest BCUT2D eigenvalue weighted by Gasteiger charge is -2.24. The van der Waals surface area contributed by atoms with Crippen molar-refractivity contribution in [1.82, 2.24) is 10.2 Å². The summed E-state index contributed by atoms with van der Waals surface area (Å²) in [6.07, 6.45) is 1.95. The second-order valence-electron chi connectivity index (χ2n) is 5.48. The number of hydrogen-bond acceptors (Lipinski definition) is 3. The van der Waals surface area contributed by atoms with Crippen molar-refractivity contribution in [3.63, 3.8) is 0 Å². The van der Waals surface area contributed by atoms with Gasteiger partial charge in [0.25, 0.3) is 5.91 Å². The van der Waals surface area contributed by atoms with Crippen LogP contribution in [0.1, 0.15) is 30.1 Å². The number of benzene rings is 1. The normalized spacial score (nSPS) is 17.1. The number of carbonyl (C=O) groups is 2. The predicted octanol–water partition coefficient (Wildman–Crippen LogP) is 1.72. The van der Waals surface area contributed by atoms with E-state index >= 15 is 0 Å². The second kappa shape index (κ2) is 8.01. The summed E-state index contributed by atoms with van der Waals surface area (Å²) in [6.45, 7) is 3.24. The molecule has 1 N–H and O–H groups in total. The Morgan fingerprint density at radius 3 is 2.74 bits per heavy atom. The van der Waals surface area contributed by atoms with E-state index < -0.39 is 17.5 Å². The first kappa shape index (κ1) is 17.3. The first-order chi connectivity index (χ1) is 11.0. The summed E-state index contributed by atoms with van der Waals surface area (Å²) in [7, 11) is 0. The van der Waals surface area contributed by atoms with Gasteiger partial charge in [0.1, 0.15) is 0 Å². The topological polar surface area (TPSA) is 58.6 Å². The van der Waals surface area contributed by atoms with E-state index in [9.17, 15) is 18.4 Å². The largest absolute Gasteiger partial charge is 0.376 e. The quantitative estimate of drug-likeness (QED) is 0.866. The second-order valence-corrected chi connectivity index (χ2v) is 5.48. The fraction of sp³-hybridized carbons (Fsp3) is 0.500. The molecule has 2 amide bonds. The highest BCUT2D eigenvalue weighted by molar-refractivity contribution is 5.94. The van der Waals surface area contributed by atoms with E-state index in [1.165, 1.54) is 13.0 Å². The Morgan fingerprint density at radius 2 is 2.13 bits per heavy atom. The van der Waals surface area contributed by atoms with E-state index in [-0.39, 0.29) is 24.1 Å². The summed E-state index contributed by atoms with van der Waals surface area (Å²) in [5.74, 6) is -2.67. The third-order valence-electron chi connectivity index (χ3n) is 3.74. The zero-order valence-corrected chi connectivity index (χ0v) is 13.0. The van der Waals surface area contributed by atoms with Crippen LogP contribution in [0, 0.1) is 11.6 Å². The molecule has 1 fully saturated rings. The number of rotatable bonds is 6. The number of nitrogens with zero attached hydrogens (tertiary/aromatic N) is 1. The maximum Gasteiger partial charge on any atom is 0.251 e. The molecule has 1 saturated heterocycles. The molecule has 1 aromatic rings. The smallest absolute Gasteiger partial charge is 0.251 e. The monoisotopic (exact) mass is 326 g/mol. The molecule has 1 unspecified atom stereocenters. The van der Waals surface area contributed by atoms with E-state index in [1.54, 1.807) is 4.90 Å². The highest BCUT2D eigenvalue weighted by atomic mass is 19.2. The molecule has 1 atom stereocenters. The van der Waals surface area contributed by atoms with E-state index in [0.29, 0.717) is 19.7 Å². The number of halogens is 2. The summed E-state index contributed by atoms with van der Waals surface area (Å²) in [5.41, 5.74) is 0.0393. The Morgan fingerprint density at radius 1 is 1.35 bits per heavy atom. The first-order valence-corrected chi connectivity index (χ1v) is 7.57. The molecule has 23 heavy (non-hydrogen) atoms. The van der Waals surface area contributed by atoms with Crippen molar-refractivity contribution in [1.29, 1.82) is 0 Å². The van der Waals surface area contributed by atoms with Crippen LogP contribution in [0.15, 0.2) is 18.2 Å². The third-order valence-corrected chi connectivity index (χ3v) is 3.74. The van der Waals surface area contributed by atoms with E-state index in [1.807, 2.05) is 0 Å². The van der Waals surface area contributed by atoms with Crippen LogP contribution in [0.25, 0.3) is 0 Å². The minimum Gasteiger partial charge on any atom is -0.376 e. The van der Waals surface area contributed by atoms with Gasteiger partial charge in [-0.3, -0.25) is 9.59 Å². The average Bonchev–Trinajstić information content (AvgIpc) is 3.01. The fourth-order valence-corrected chi connectivity index (χ4v) is 2.46. The third kappa shape index (κ3) is 4.99. The molecule has 0 spiro atoms. The van der Waals surface area contributed by atoms with Gasteiger partial charge in [0.2, 0.25) is 5.91 Å². The Labute approximate surface area is 133 Å². The van der Waals surface area contributed by atoms with Crippen LogP contribution in [0.3, 0.4) is 0 Å². The maximum absolute atomic E-state index is 13.1. The summed E-state index contributed by atoms with van der Waals surface area (Å²) >= 11 is 0. The van der Waals surface area contributed by atoms with Gasteiger partial charge >= 0.3 is 0 Å². The van der Waals surface area contributed by atoms with Gasteiger partial charge in [-0.05, 0) is 31.0 Å². The molecule has 0 bridgehead atoms. The van der Waals surface area contributed by atoms with Crippen molar-refractivity contribution in [2.45, 2.75) is 25.9 Å². The van der Waals surface area contributed by atoms with Gasteiger partial charge in [0.05, 0.1) is 6.10 Å². The molecule has 1 heterocycles. The van der Waals surface area contributed by atoms with Gasteiger partial charge in [0, 0.05) is 38.7 Å². The van der Waals surface area contributed by atoms with Crippen molar-refractivity contribution in [2.75, 3.05) is 26.2 Å². The van der Waals surface area contributed by atoms with Crippen molar-refractivity contribution < 1.29 is 23.1 Å². The van der Waals surface area contributed by atoms with Crippen molar-refractivity contribution in [3.8, 4) is 0 Å². The SMILES string of the molecule is CC(=O)N(CCNC(=O)c1ccc(F)c(F)c1)CC1CCCO1. The summed E-state index contributed by atoms with van der Waals surface area (Å²) in [5, 5.41) is 2.59. The lowest BCUT2D eigenvalue weighted by molar-refractivity contribution is -0.130. The zero-order chi connectivity index (χ0) is 16.8. The van der Waals surface area contributed by atoms with Gasteiger partial charge in [-0.15, -0.1) is 0 Å². The van der Waals surface area contributed by atoms with Gasteiger partial charge in [-0.25, -0.2) is 8.78 Å². The van der Waals surface area contributed by atoms with Crippen molar-refractivity contribution >= 4 is 11.8 Å². The van der Waals surface area contributed by atoms with Crippen LogP contribution in [0.2, 0.25) is 0 Å². The predicted molar refractivity (Wildman–Crippen MR) is 79.9 cm³/mol. The molecular formula is C16H20F2N2O3. The van der Waals surface area contributed by atoms with Gasteiger partial charge in [0.15, 0.2) is 11.6 Å². The number of amides is 2. The number of nitrogens with one attached hydrogen (secondary N) is 1. The van der Waals surface area contributed by atoms with Crippen molar-refractivity contribution in [2.24, 2.45) is 0 Å². The standard InChI is InChI=1S/C16H20F2N2O3/c1-11(21)20(10-13-3-2-8-23-13)7-6-19-16(22)12-4-5-14(17)15(18)9-12/h4-5,9,13H,2-3,6-8,10H2,1H3,(H,19,22). The lowest BCUT2D eigenvalue weighted by atomic mass is 10.2. The Balaban J connectivity index is 1.82. The molecule has 5 nitrogen and oxygen atoms in total. The number of hydrogen-bond donors (Lipinski definition) is 1. The van der Waals surface area contributed by atoms with E-state index in [2.05, 4.69) is 5.32 Å². The Kier molecular flexibility index (Phi) is 6.04. The van der Waals surface area contributed by atoms with Crippen LogP contribution >= 0.6 is 0 Å². The summed E-state index contributed by atoms with van der Waals surface area (Å²) in [6, 6.07) is 2.96. The molecule has 2 rings (SSSR count). The highest BCUT2D eigenvalue weighted by Crippen LogP contribution is 2.13. The van der Waals surface area contributed by atoms with E-state index in [0.717, 1.165) is 25.0 Å².